The maximum Gasteiger partial charge on any atom is 0.196 e. The highest BCUT2D eigenvalue weighted by Crippen LogP contribution is 2.22. The molecule has 1 aliphatic rings. The fourth-order valence-electron chi connectivity index (χ4n) is 3.47. The number of hydrogen-bond donors (Lipinski definition) is 1. The summed E-state index contributed by atoms with van der Waals surface area (Å²) < 4.78 is 7.56. The van der Waals surface area contributed by atoms with E-state index in [2.05, 4.69) is 28.8 Å². The molecular weight excluding hydrogens is 340 g/mol. The van der Waals surface area contributed by atoms with Gasteiger partial charge in [0, 0.05) is 32.0 Å². The fourth-order valence-corrected chi connectivity index (χ4v) is 3.47. The van der Waals surface area contributed by atoms with Gasteiger partial charge in [0.2, 0.25) is 0 Å². The predicted octanol–water partition coefficient (Wildman–Crippen LogP) is 3.29. The number of nitrogens with zero attached hydrogens (tertiary/aromatic N) is 4. The minimum absolute atomic E-state index is 0.301. The molecular formula is C21H26N4O2. The largest absolute Gasteiger partial charge is 0.448 e. The van der Waals surface area contributed by atoms with Crippen molar-refractivity contribution >= 4 is 0 Å². The Balaban J connectivity index is 1.41. The van der Waals surface area contributed by atoms with Crippen molar-refractivity contribution in [3.05, 3.63) is 71.2 Å². The van der Waals surface area contributed by atoms with Crippen molar-refractivity contribution in [1.29, 1.82) is 0 Å². The molecule has 6 heteroatoms. The van der Waals surface area contributed by atoms with Gasteiger partial charge in [0.05, 0.1) is 23.6 Å². The van der Waals surface area contributed by atoms with Gasteiger partial charge in [0.25, 0.3) is 0 Å². The lowest BCUT2D eigenvalue weighted by atomic mass is 10.1. The fraction of sp³-hybridized carbons (Fsp3) is 0.429. The van der Waals surface area contributed by atoms with Crippen molar-refractivity contribution in [2.75, 3.05) is 6.54 Å². The van der Waals surface area contributed by atoms with Crippen LogP contribution in [-0.4, -0.2) is 31.3 Å². The van der Waals surface area contributed by atoms with E-state index in [1.54, 1.807) is 6.26 Å². The number of fused-ring (bicyclic) bond motifs is 1. The van der Waals surface area contributed by atoms with Crippen molar-refractivity contribution in [3.8, 4) is 0 Å². The molecule has 4 rings (SSSR count). The molecule has 1 aliphatic heterocycles. The topological polar surface area (TPSA) is 67.3 Å². The molecule has 0 bridgehead atoms. The molecule has 0 radical (unpaired) electrons. The first-order valence-corrected chi connectivity index (χ1v) is 9.54. The van der Waals surface area contributed by atoms with Gasteiger partial charge in [0.1, 0.15) is 12.4 Å². The zero-order valence-electron chi connectivity index (χ0n) is 15.9. The van der Waals surface area contributed by atoms with E-state index in [4.69, 9.17) is 4.42 Å². The molecule has 3 aromatic rings. The Bertz CT molecular complexity index is 885. The maximum absolute atomic E-state index is 10.6. The van der Waals surface area contributed by atoms with Gasteiger partial charge in [-0.15, -0.1) is 0 Å². The summed E-state index contributed by atoms with van der Waals surface area (Å²) >= 11 is 0. The van der Waals surface area contributed by atoms with Crippen molar-refractivity contribution < 1.29 is 9.52 Å². The maximum atomic E-state index is 10.6. The average Bonchev–Trinajstić information content (AvgIpc) is 3.29. The first-order chi connectivity index (χ1) is 13.1. The summed E-state index contributed by atoms with van der Waals surface area (Å²) in [6.45, 7) is 7.46. The van der Waals surface area contributed by atoms with Gasteiger partial charge in [-0.3, -0.25) is 9.58 Å². The van der Waals surface area contributed by atoms with Crippen LogP contribution >= 0.6 is 0 Å². The van der Waals surface area contributed by atoms with Crippen LogP contribution in [0.15, 0.2) is 47.1 Å². The highest BCUT2D eigenvalue weighted by Gasteiger charge is 2.22. The van der Waals surface area contributed by atoms with Gasteiger partial charge in [-0.05, 0) is 11.6 Å². The number of oxazole rings is 1. The summed E-state index contributed by atoms with van der Waals surface area (Å²) in [5, 5.41) is 15.2. The lowest BCUT2D eigenvalue weighted by molar-refractivity contribution is 0.171. The van der Waals surface area contributed by atoms with Crippen LogP contribution in [0.2, 0.25) is 0 Å². The Labute approximate surface area is 159 Å². The van der Waals surface area contributed by atoms with E-state index in [1.807, 2.05) is 41.1 Å². The zero-order chi connectivity index (χ0) is 18.8. The minimum Gasteiger partial charge on any atom is -0.448 e. The summed E-state index contributed by atoms with van der Waals surface area (Å²) in [6.07, 6.45) is 1.76. The lowest BCUT2D eigenvalue weighted by Gasteiger charge is -2.26. The van der Waals surface area contributed by atoms with Crippen LogP contribution in [0, 0.1) is 0 Å². The van der Waals surface area contributed by atoms with Gasteiger partial charge in [-0.1, -0.05) is 44.2 Å². The molecule has 27 heavy (non-hydrogen) atoms. The van der Waals surface area contributed by atoms with Gasteiger partial charge >= 0.3 is 0 Å². The van der Waals surface area contributed by atoms with E-state index in [0.29, 0.717) is 12.3 Å². The minimum atomic E-state index is -0.580. The van der Waals surface area contributed by atoms with E-state index < -0.39 is 6.10 Å². The van der Waals surface area contributed by atoms with Crippen LogP contribution in [0.4, 0.5) is 0 Å². The van der Waals surface area contributed by atoms with Gasteiger partial charge < -0.3 is 9.52 Å². The van der Waals surface area contributed by atoms with E-state index >= 15 is 0 Å². The van der Waals surface area contributed by atoms with Crippen molar-refractivity contribution in [2.45, 2.75) is 51.9 Å². The smallest absolute Gasteiger partial charge is 0.196 e. The SMILES string of the molecule is CC(C)c1nc(CN2CCn3nc([C@@H](O)Cc4ccccc4)cc3C2)co1. The number of aliphatic hydroxyl groups excluding tert-OH is 1. The second-order valence-corrected chi connectivity index (χ2v) is 7.53. The molecule has 1 atom stereocenters. The van der Waals surface area contributed by atoms with Crippen LogP contribution < -0.4 is 0 Å². The molecule has 1 N–H and O–H groups in total. The standard InChI is InChI=1S/C21H26N4O2/c1-15(2)21-22-17(14-27-21)12-24-8-9-25-18(13-24)11-19(23-25)20(26)10-16-6-4-3-5-7-16/h3-7,11,14-15,20,26H,8-10,12-13H2,1-2H3/t20-/m0/s1. The molecule has 0 fully saturated rings. The molecule has 0 unspecified atom stereocenters. The van der Waals surface area contributed by atoms with E-state index in [9.17, 15) is 5.11 Å². The first-order valence-electron chi connectivity index (χ1n) is 9.54. The van der Waals surface area contributed by atoms with Gasteiger partial charge in [0.15, 0.2) is 5.89 Å². The number of benzene rings is 1. The third-order valence-corrected chi connectivity index (χ3v) is 4.96. The summed E-state index contributed by atoms with van der Waals surface area (Å²) in [5.41, 5.74) is 3.97. The highest BCUT2D eigenvalue weighted by atomic mass is 16.3. The monoisotopic (exact) mass is 366 g/mol. The van der Waals surface area contributed by atoms with Crippen LogP contribution in [0.1, 0.15) is 54.4 Å². The van der Waals surface area contributed by atoms with Crippen LogP contribution in [0.3, 0.4) is 0 Å². The highest BCUT2D eigenvalue weighted by molar-refractivity contribution is 5.20. The van der Waals surface area contributed by atoms with Crippen molar-refractivity contribution in [3.63, 3.8) is 0 Å². The first kappa shape index (κ1) is 17.9. The quantitative estimate of drug-likeness (QED) is 0.725. The lowest BCUT2D eigenvalue weighted by Crippen LogP contribution is -2.33. The predicted molar refractivity (Wildman–Crippen MR) is 102 cm³/mol. The van der Waals surface area contributed by atoms with Crippen LogP contribution in [0.25, 0.3) is 0 Å². The Kier molecular flexibility index (Phi) is 5.09. The third-order valence-electron chi connectivity index (χ3n) is 4.96. The molecule has 3 heterocycles. The molecule has 0 saturated heterocycles. The summed E-state index contributed by atoms with van der Waals surface area (Å²) in [4.78, 5) is 6.91. The molecule has 2 aromatic heterocycles. The number of aliphatic hydroxyl groups is 1. The van der Waals surface area contributed by atoms with Crippen molar-refractivity contribution in [2.24, 2.45) is 0 Å². The zero-order valence-corrected chi connectivity index (χ0v) is 15.9. The second kappa shape index (κ2) is 7.66. The molecule has 0 saturated carbocycles. The Hall–Kier alpha value is -2.44. The molecule has 0 amide bonds. The van der Waals surface area contributed by atoms with E-state index in [1.165, 1.54) is 0 Å². The van der Waals surface area contributed by atoms with Gasteiger partial charge in [-0.25, -0.2) is 4.98 Å². The summed E-state index contributed by atoms with van der Waals surface area (Å²) in [7, 11) is 0. The molecule has 1 aromatic carbocycles. The van der Waals surface area contributed by atoms with Crippen LogP contribution in [0.5, 0.6) is 0 Å². The summed E-state index contributed by atoms with van der Waals surface area (Å²) in [5.74, 6) is 1.09. The molecule has 0 aliphatic carbocycles. The molecule has 142 valence electrons. The van der Waals surface area contributed by atoms with Gasteiger partial charge in [-0.2, -0.15) is 5.10 Å². The van der Waals surface area contributed by atoms with Crippen molar-refractivity contribution in [1.82, 2.24) is 19.7 Å². The molecule has 0 spiro atoms. The normalized spacial score (nSPS) is 15.9. The Morgan fingerprint density at radius 2 is 2.00 bits per heavy atom. The number of rotatable bonds is 6. The second-order valence-electron chi connectivity index (χ2n) is 7.53. The van der Waals surface area contributed by atoms with Crippen LogP contribution in [-0.2, 0) is 26.1 Å². The summed E-state index contributed by atoms with van der Waals surface area (Å²) in [6, 6.07) is 12.1. The van der Waals surface area contributed by atoms with E-state index in [0.717, 1.165) is 54.7 Å². The number of aromatic nitrogens is 3. The number of hydrogen-bond acceptors (Lipinski definition) is 5. The Morgan fingerprint density at radius 3 is 2.74 bits per heavy atom. The Morgan fingerprint density at radius 1 is 1.19 bits per heavy atom. The average molecular weight is 366 g/mol. The van der Waals surface area contributed by atoms with E-state index in [-0.39, 0.29) is 0 Å². The third kappa shape index (κ3) is 4.12. The molecule has 6 nitrogen and oxygen atoms in total.